The van der Waals surface area contributed by atoms with Crippen LogP contribution in [0.5, 0.6) is 0 Å². The number of aliphatic hydroxyl groups is 1. The topological polar surface area (TPSA) is 47.9 Å². The zero-order chi connectivity index (χ0) is 11.7. The van der Waals surface area contributed by atoms with Gasteiger partial charge in [-0.2, -0.15) is 0 Å². The van der Waals surface area contributed by atoms with E-state index in [1.165, 1.54) is 5.21 Å². The Morgan fingerprint density at radius 1 is 1.07 bits per heavy atom. The maximum absolute atomic E-state index is 8.81. The van der Waals surface area contributed by atoms with E-state index in [2.05, 4.69) is 5.71 Å². The predicted octanol–water partition coefficient (Wildman–Crippen LogP) is 1.37. The summed E-state index contributed by atoms with van der Waals surface area (Å²) < 4.78 is 16.0. The number of hydrogen-bond donors (Lipinski definition) is 1. The fraction of sp³-hybridized carbons (Fsp3) is 1.00. The third-order valence-electron chi connectivity index (χ3n) is 2.44. The van der Waals surface area contributed by atoms with Crippen molar-refractivity contribution in [2.24, 2.45) is 0 Å². The minimum atomic E-state index is -2.35. The van der Waals surface area contributed by atoms with E-state index in [1.807, 2.05) is 0 Å². The molecule has 0 heterocycles. The van der Waals surface area contributed by atoms with Crippen molar-refractivity contribution in [3.63, 3.8) is 0 Å². The second kappa shape index (κ2) is 8.73. The standard InChI is InChI=1S/C9H23AsO4Si/c1-10(7-8-11)6-5-9-15(12-2,13-3)14-4/h11H,5-9H2,1-4H3. The van der Waals surface area contributed by atoms with E-state index in [4.69, 9.17) is 18.4 Å². The third kappa shape index (κ3) is 6.05. The molecule has 0 aliphatic carbocycles. The molecular weight excluding hydrogens is 275 g/mol. The van der Waals surface area contributed by atoms with Gasteiger partial charge < -0.3 is 0 Å². The van der Waals surface area contributed by atoms with Crippen LogP contribution >= 0.6 is 0 Å². The molecule has 0 bridgehead atoms. The molecule has 92 valence electrons. The van der Waals surface area contributed by atoms with Crippen LogP contribution in [0, 0.1) is 0 Å². The van der Waals surface area contributed by atoms with Crippen molar-refractivity contribution in [3.05, 3.63) is 0 Å². The van der Waals surface area contributed by atoms with E-state index in [-0.39, 0.29) is 0 Å². The van der Waals surface area contributed by atoms with Gasteiger partial charge in [-0.1, -0.05) is 0 Å². The average molecular weight is 298 g/mol. The fourth-order valence-electron chi connectivity index (χ4n) is 1.40. The van der Waals surface area contributed by atoms with Crippen LogP contribution in [0.15, 0.2) is 0 Å². The molecule has 0 amide bonds. The Labute approximate surface area is 98.5 Å². The molecule has 0 aliphatic rings. The Balaban J connectivity index is 3.80. The van der Waals surface area contributed by atoms with Crippen LogP contribution in [0.1, 0.15) is 6.42 Å². The van der Waals surface area contributed by atoms with Crippen LogP contribution < -0.4 is 0 Å². The van der Waals surface area contributed by atoms with Crippen molar-refractivity contribution in [1.82, 2.24) is 0 Å². The van der Waals surface area contributed by atoms with Crippen LogP contribution in [0.4, 0.5) is 0 Å². The zero-order valence-corrected chi connectivity index (χ0v) is 13.0. The first-order valence-corrected chi connectivity index (χ1v) is 11.5. The molecule has 0 saturated heterocycles. The van der Waals surface area contributed by atoms with E-state index in [9.17, 15) is 0 Å². The Kier molecular flexibility index (Phi) is 9.09. The van der Waals surface area contributed by atoms with Gasteiger partial charge in [0.2, 0.25) is 0 Å². The Morgan fingerprint density at radius 2 is 1.60 bits per heavy atom. The average Bonchev–Trinajstić information content (AvgIpc) is 2.25. The van der Waals surface area contributed by atoms with Crippen LogP contribution in [0.3, 0.4) is 0 Å². The molecule has 1 N–H and O–H groups in total. The summed E-state index contributed by atoms with van der Waals surface area (Å²) in [7, 11) is 2.60. The number of aliphatic hydroxyl groups excluding tert-OH is 1. The second-order valence-electron chi connectivity index (χ2n) is 3.43. The molecule has 0 fully saturated rings. The van der Waals surface area contributed by atoms with Crippen molar-refractivity contribution in [2.45, 2.75) is 28.6 Å². The summed E-state index contributed by atoms with van der Waals surface area (Å²) in [4.78, 5) is 0. The Bertz CT molecular complexity index is 147. The molecule has 0 saturated carbocycles. The predicted molar refractivity (Wildman–Crippen MR) is 64.5 cm³/mol. The molecule has 0 radical (unpaired) electrons. The molecule has 0 aliphatic heterocycles. The third-order valence-corrected chi connectivity index (χ3v) is 9.56. The van der Waals surface area contributed by atoms with Gasteiger partial charge in [0.05, 0.1) is 0 Å². The Hall–Kier alpha value is 0.615. The summed E-state index contributed by atoms with van der Waals surface area (Å²) in [5, 5.41) is 11.0. The first-order valence-electron chi connectivity index (χ1n) is 5.09. The van der Waals surface area contributed by atoms with Gasteiger partial charge in [-0.25, -0.2) is 0 Å². The van der Waals surface area contributed by atoms with Crippen molar-refractivity contribution in [2.75, 3.05) is 27.9 Å². The molecule has 0 aromatic heterocycles. The van der Waals surface area contributed by atoms with Gasteiger partial charge in [0.1, 0.15) is 0 Å². The van der Waals surface area contributed by atoms with Gasteiger partial charge >= 0.3 is 98.4 Å². The Morgan fingerprint density at radius 3 is 2.00 bits per heavy atom. The number of hydrogen-bond acceptors (Lipinski definition) is 4. The summed E-state index contributed by atoms with van der Waals surface area (Å²) in [5.41, 5.74) is 2.29. The molecule has 6 heteroatoms. The first kappa shape index (κ1) is 15.6. The van der Waals surface area contributed by atoms with Crippen molar-refractivity contribution in [1.29, 1.82) is 0 Å². The molecule has 0 aromatic carbocycles. The monoisotopic (exact) mass is 298 g/mol. The van der Waals surface area contributed by atoms with Gasteiger partial charge in [-0.05, 0) is 0 Å². The molecular formula is C9H23AsO4Si. The fourth-order valence-corrected chi connectivity index (χ4v) is 6.42. The molecule has 0 aromatic rings. The molecule has 1 atom stereocenters. The molecule has 4 nitrogen and oxygen atoms in total. The normalized spacial score (nSPS) is 14.2. The molecule has 0 rings (SSSR count). The maximum atomic E-state index is 8.81. The van der Waals surface area contributed by atoms with Crippen LogP contribution in [-0.2, 0) is 13.3 Å². The van der Waals surface area contributed by atoms with Crippen LogP contribution in [0.2, 0.25) is 22.2 Å². The number of rotatable bonds is 9. The summed E-state index contributed by atoms with van der Waals surface area (Å²) in [5.74, 6) is 0. The SMILES string of the molecule is CO[Si](CCC[As](C)CCO)(OC)OC. The summed E-state index contributed by atoms with van der Waals surface area (Å²) in [6, 6.07) is 0.876. The van der Waals surface area contributed by atoms with Gasteiger partial charge in [-0.3, -0.25) is 0 Å². The van der Waals surface area contributed by atoms with Gasteiger partial charge in [0.25, 0.3) is 0 Å². The molecule has 0 spiro atoms. The molecule has 1 unspecified atom stereocenters. The summed E-state index contributed by atoms with van der Waals surface area (Å²) in [6.45, 7) is 0.331. The quantitative estimate of drug-likeness (QED) is 0.653. The van der Waals surface area contributed by atoms with Crippen LogP contribution in [0.25, 0.3) is 0 Å². The van der Waals surface area contributed by atoms with E-state index >= 15 is 0 Å². The van der Waals surface area contributed by atoms with Gasteiger partial charge in [-0.15, -0.1) is 0 Å². The van der Waals surface area contributed by atoms with E-state index < -0.39 is 23.5 Å². The zero-order valence-electron chi connectivity index (χ0n) is 10.2. The van der Waals surface area contributed by atoms with Crippen molar-refractivity contribution >= 4 is 23.5 Å². The van der Waals surface area contributed by atoms with Gasteiger partial charge in [0, 0.05) is 0 Å². The van der Waals surface area contributed by atoms with Crippen molar-refractivity contribution < 1.29 is 18.4 Å². The van der Waals surface area contributed by atoms with E-state index in [0.717, 1.165) is 17.7 Å². The van der Waals surface area contributed by atoms with E-state index in [1.54, 1.807) is 21.3 Å². The first-order chi connectivity index (χ1) is 7.14. The van der Waals surface area contributed by atoms with Gasteiger partial charge in [0.15, 0.2) is 0 Å². The van der Waals surface area contributed by atoms with Crippen molar-refractivity contribution in [3.8, 4) is 0 Å². The van der Waals surface area contributed by atoms with E-state index in [0.29, 0.717) is 6.61 Å². The second-order valence-corrected chi connectivity index (χ2v) is 12.0. The summed E-state index contributed by atoms with van der Waals surface area (Å²) in [6.07, 6.45) is 1.08. The minimum absolute atomic E-state index is 0.331. The molecule has 15 heavy (non-hydrogen) atoms. The van der Waals surface area contributed by atoms with Crippen LogP contribution in [-0.4, -0.2) is 56.5 Å². The summed E-state index contributed by atoms with van der Waals surface area (Å²) >= 11 is -0.783.